The van der Waals surface area contributed by atoms with Crippen molar-refractivity contribution in [2.45, 2.75) is 20.3 Å². The number of aromatic nitrogens is 4. The molecule has 188 valence electrons. The summed E-state index contributed by atoms with van der Waals surface area (Å²) >= 11 is 0. The van der Waals surface area contributed by atoms with E-state index in [1.54, 1.807) is 53.1 Å². The second-order valence-electron chi connectivity index (χ2n) is 8.78. The topological polar surface area (TPSA) is 111 Å². The minimum atomic E-state index is -0.455. The first kappa shape index (κ1) is 24.0. The fraction of sp³-hybridized carbons (Fsp3) is 0.222. The van der Waals surface area contributed by atoms with Crippen LogP contribution < -0.4 is 19.7 Å². The predicted octanol–water partition coefficient (Wildman–Crippen LogP) is 4.07. The third kappa shape index (κ3) is 5.27. The summed E-state index contributed by atoms with van der Waals surface area (Å²) in [6, 6.07) is 17.9. The van der Waals surface area contributed by atoms with Crippen LogP contribution in [0.5, 0.6) is 17.4 Å². The summed E-state index contributed by atoms with van der Waals surface area (Å²) in [4.78, 5) is 35.5. The van der Waals surface area contributed by atoms with Crippen LogP contribution in [0.25, 0.3) is 5.82 Å². The Hall–Kier alpha value is -4.73. The normalized spacial score (nSPS) is 15.1. The van der Waals surface area contributed by atoms with Gasteiger partial charge in [0, 0.05) is 42.2 Å². The summed E-state index contributed by atoms with van der Waals surface area (Å²) in [5, 5.41) is 7.33. The van der Waals surface area contributed by atoms with Gasteiger partial charge in [-0.15, -0.1) is 0 Å². The molecule has 0 radical (unpaired) electrons. The largest absolute Gasteiger partial charge is 0.497 e. The number of carbonyl (C=O) groups is 2. The summed E-state index contributed by atoms with van der Waals surface area (Å²) in [7, 11) is 1.57. The molecule has 1 saturated heterocycles. The molecule has 2 amide bonds. The van der Waals surface area contributed by atoms with E-state index in [1.807, 2.05) is 38.1 Å². The number of nitrogens with one attached hydrogen (secondary N) is 1. The smallest absolute Gasteiger partial charge is 0.229 e. The van der Waals surface area contributed by atoms with Crippen LogP contribution in [0.2, 0.25) is 0 Å². The Balaban J connectivity index is 1.21. The third-order valence-electron chi connectivity index (χ3n) is 6.06. The Kier molecular flexibility index (Phi) is 6.55. The SMILES string of the molecule is COc1cccc(N2CC(C(=O)Nc3ccc(Oc4cc(-n5nc(C)cc5C)ncn4)cc3)CC2=O)c1. The van der Waals surface area contributed by atoms with Crippen molar-refractivity contribution in [1.82, 2.24) is 19.7 Å². The highest BCUT2D eigenvalue weighted by Gasteiger charge is 2.35. The highest BCUT2D eigenvalue weighted by atomic mass is 16.5. The number of ether oxygens (including phenoxy) is 2. The first-order valence-corrected chi connectivity index (χ1v) is 11.8. The van der Waals surface area contributed by atoms with Crippen molar-refractivity contribution in [3.8, 4) is 23.2 Å². The standard InChI is InChI=1S/C27H26N6O4/c1-17-11-18(2)33(31-17)24-14-25(29-16-28-24)37-22-9-7-20(8-10-22)30-27(35)19-12-26(34)32(15-19)21-5-4-6-23(13-21)36-3/h4-11,13-14,16,19H,12,15H2,1-3H3,(H,30,35). The van der Waals surface area contributed by atoms with Crippen LogP contribution in [-0.4, -0.2) is 45.2 Å². The van der Waals surface area contributed by atoms with Gasteiger partial charge in [-0.3, -0.25) is 9.59 Å². The molecule has 10 nitrogen and oxygen atoms in total. The van der Waals surface area contributed by atoms with Crippen LogP contribution in [0.1, 0.15) is 17.8 Å². The molecule has 5 rings (SSSR count). The number of rotatable bonds is 7. The highest BCUT2D eigenvalue weighted by Crippen LogP contribution is 2.29. The quantitative estimate of drug-likeness (QED) is 0.409. The van der Waals surface area contributed by atoms with Gasteiger partial charge in [-0.25, -0.2) is 14.6 Å². The maximum absolute atomic E-state index is 12.9. The van der Waals surface area contributed by atoms with E-state index >= 15 is 0 Å². The molecule has 1 N–H and O–H groups in total. The number of hydrogen-bond acceptors (Lipinski definition) is 7. The predicted molar refractivity (Wildman–Crippen MR) is 137 cm³/mol. The van der Waals surface area contributed by atoms with Crippen molar-refractivity contribution in [2.75, 3.05) is 23.9 Å². The van der Waals surface area contributed by atoms with Crippen LogP contribution in [0.15, 0.2) is 67.0 Å². The highest BCUT2D eigenvalue weighted by molar-refractivity contribution is 6.03. The first-order chi connectivity index (χ1) is 17.9. The molecule has 0 aliphatic carbocycles. The Labute approximate surface area is 213 Å². The lowest BCUT2D eigenvalue weighted by Crippen LogP contribution is -2.28. The van der Waals surface area contributed by atoms with Gasteiger partial charge in [0.25, 0.3) is 0 Å². The lowest BCUT2D eigenvalue weighted by Gasteiger charge is -2.17. The van der Waals surface area contributed by atoms with Crippen molar-refractivity contribution in [3.05, 3.63) is 78.4 Å². The molecule has 4 aromatic rings. The monoisotopic (exact) mass is 498 g/mol. The van der Waals surface area contributed by atoms with Crippen molar-refractivity contribution in [1.29, 1.82) is 0 Å². The maximum atomic E-state index is 12.9. The molecule has 1 fully saturated rings. The van der Waals surface area contributed by atoms with Crippen molar-refractivity contribution in [2.24, 2.45) is 5.92 Å². The van der Waals surface area contributed by atoms with Gasteiger partial charge in [0.05, 0.1) is 18.7 Å². The average Bonchev–Trinajstić information content (AvgIpc) is 3.46. The molecule has 37 heavy (non-hydrogen) atoms. The number of anilines is 2. The Morgan fingerprint density at radius 2 is 1.84 bits per heavy atom. The van der Waals surface area contributed by atoms with Crippen LogP contribution >= 0.6 is 0 Å². The van der Waals surface area contributed by atoms with Crippen molar-refractivity contribution in [3.63, 3.8) is 0 Å². The van der Waals surface area contributed by atoms with Gasteiger partial charge in [-0.2, -0.15) is 5.10 Å². The molecule has 0 saturated carbocycles. The van der Waals surface area contributed by atoms with Crippen molar-refractivity contribution < 1.29 is 19.1 Å². The van der Waals surface area contributed by atoms with Crippen LogP contribution in [0, 0.1) is 19.8 Å². The number of amides is 2. The second-order valence-corrected chi connectivity index (χ2v) is 8.78. The van der Waals surface area contributed by atoms with E-state index in [-0.39, 0.29) is 18.2 Å². The summed E-state index contributed by atoms with van der Waals surface area (Å²) < 4.78 is 12.8. The van der Waals surface area contributed by atoms with Gasteiger partial charge < -0.3 is 19.7 Å². The summed E-state index contributed by atoms with van der Waals surface area (Å²) in [6.07, 6.45) is 1.57. The maximum Gasteiger partial charge on any atom is 0.229 e. The molecule has 0 bridgehead atoms. The number of nitrogens with zero attached hydrogens (tertiary/aromatic N) is 5. The van der Waals surface area contributed by atoms with Gasteiger partial charge in [0.1, 0.15) is 17.8 Å². The van der Waals surface area contributed by atoms with Gasteiger partial charge in [0.2, 0.25) is 17.7 Å². The van der Waals surface area contributed by atoms with E-state index in [9.17, 15) is 9.59 Å². The number of aryl methyl sites for hydroxylation is 2. The zero-order valence-electron chi connectivity index (χ0n) is 20.7. The number of benzene rings is 2. The zero-order chi connectivity index (χ0) is 25.9. The van der Waals surface area contributed by atoms with Gasteiger partial charge in [0.15, 0.2) is 5.82 Å². The second kappa shape index (κ2) is 10.1. The molecule has 1 atom stereocenters. The van der Waals surface area contributed by atoms with Gasteiger partial charge >= 0.3 is 0 Å². The molecule has 10 heteroatoms. The van der Waals surface area contributed by atoms with E-state index in [2.05, 4.69) is 20.4 Å². The molecule has 2 aromatic carbocycles. The lowest BCUT2D eigenvalue weighted by molar-refractivity contribution is -0.122. The lowest BCUT2D eigenvalue weighted by atomic mass is 10.1. The Bertz CT molecular complexity index is 1450. The third-order valence-corrected chi connectivity index (χ3v) is 6.06. The zero-order valence-corrected chi connectivity index (χ0v) is 20.7. The summed E-state index contributed by atoms with van der Waals surface area (Å²) in [5.41, 5.74) is 3.17. The fourth-order valence-electron chi connectivity index (χ4n) is 4.24. The summed E-state index contributed by atoms with van der Waals surface area (Å²) in [6.45, 7) is 4.18. The molecule has 1 unspecified atom stereocenters. The van der Waals surface area contributed by atoms with E-state index in [4.69, 9.17) is 9.47 Å². The number of hydrogen-bond donors (Lipinski definition) is 1. The molecular weight excluding hydrogens is 472 g/mol. The summed E-state index contributed by atoms with van der Waals surface area (Å²) in [5.74, 6) is 1.43. The van der Waals surface area contributed by atoms with E-state index in [0.717, 1.165) is 11.4 Å². The van der Waals surface area contributed by atoms with E-state index in [0.29, 0.717) is 41.1 Å². The molecule has 1 aliphatic rings. The molecule has 1 aliphatic heterocycles. The minimum absolute atomic E-state index is 0.0955. The average molecular weight is 499 g/mol. The fourth-order valence-corrected chi connectivity index (χ4v) is 4.24. The van der Waals surface area contributed by atoms with Crippen LogP contribution in [-0.2, 0) is 9.59 Å². The molecule has 2 aromatic heterocycles. The van der Waals surface area contributed by atoms with Gasteiger partial charge in [-0.05, 0) is 56.3 Å². The first-order valence-electron chi connectivity index (χ1n) is 11.8. The van der Waals surface area contributed by atoms with Gasteiger partial charge in [-0.1, -0.05) is 6.07 Å². The Morgan fingerprint density at radius 1 is 1.03 bits per heavy atom. The number of carbonyl (C=O) groups excluding carboxylic acids is 2. The van der Waals surface area contributed by atoms with Crippen LogP contribution in [0.4, 0.5) is 11.4 Å². The molecule has 0 spiro atoms. The number of methoxy groups -OCH3 is 1. The van der Waals surface area contributed by atoms with E-state index < -0.39 is 5.92 Å². The van der Waals surface area contributed by atoms with E-state index in [1.165, 1.54) is 6.33 Å². The molecule has 3 heterocycles. The minimum Gasteiger partial charge on any atom is -0.497 e. The van der Waals surface area contributed by atoms with Crippen LogP contribution in [0.3, 0.4) is 0 Å². The van der Waals surface area contributed by atoms with Crippen molar-refractivity contribution >= 4 is 23.2 Å². The molecular formula is C27H26N6O4. The Morgan fingerprint density at radius 3 is 2.57 bits per heavy atom.